The van der Waals surface area contributed by atoms with Gasteiger partial charge in [0.25, 0.3) is 0 Å². The largest absolute Gasteiger partial charge is 0.364 e. The Hall–Kier alpha value is -3.09. The van der Waals surface area contributed by atoms with Crippen LogP contribution in [0.4, 0.5) is 5.82 Å². The molecule has 7 nitrogen and oxygen atoms in total. The molecule has 0 spiro atoms. The summed E-state index contributed by atoms with van der Waals surface area (Å²) in [6.07, 6.45) is 6.79. The molecule has 0 saturated heterocycles. The SMILES string of the molecule is c1cnc2nc(NCc3ccnc4ccnn34)ccc2n1. The monoisotopic (exact) mass is 277 g/mol. The summed E-state index contributed by atoms with van der Waals surface area (Å²) in [5.74, 6) is 0.750. The van der Waals surface area contributed by atoms with Gasteiger partial charge in [0.05, 0.1) is 18.4 Å². The first-order chi connectivity index (χ1) is 10.4. The molecule has 0 amide bonds. The molecule has 0 aliphatic heterocycles. The van der Waals surface area contributed by atoms with E-state index in [1.165, 1.54) is 0 Å². The van der Waals surface area contributed by atoms with Gasteiger partial charge in [-0.3, -0.25) is 4.98 Å². The predicted molar refractivity (Wildman–Crippen MR) is 77.6 cm³/mol. The first kappa shape index (κ1) is 11.7. The highest BCUT2D eigenvalue weighted by Crippen LogP contribution is 2.11. The maximum absolute atomic E-state index is 4.43. The van der Waals surface area contributed by atoms with Gasteiger partial charge < -0.3 is 5.32 Å². The lowest BCUT2D eigenvalue weighted by Crippen LogP contribution is -2.07. The van der Waals surface area contributed by atoms with Gasteiger partial charge in [-0.2, -0.15) is 5.10 Å². The zero-order valence-corrected chi connectivity index (χ0v) is 11.0. The molecule has 0 aromatic carbocycles. The van der Waals surface area contributed by atoms with Crippen molar-refractivity contribution in [2.75, 3.05) is 5.32 Å². The molecule has 0 fully saturated rings. The molecule has 0 saturated carbocycles. The number of anilines is 1. The van der Waals surface area contributed by atoms with Crippen LogP contribution in [0, 0.1) is 0 Å². The number of nitrogens with zero attached hydrogens (tertiary/aromatic N) is 6. The van der Waals surface area contributed by atoms with E-state index in [1.807, 2.05) is 24.3 Å². The Kier molecular flexibility index (Phi) is 2.67. The minimum absolute atomic E-state index is 0.597. The van der Waals surface area contributed by atoms with Crippen LogP contribution in [0.25, 0.3) is 16.8 Å². The zero-order chi connectivity index (χ0) is 14.1. The fourth-order valence-electron chi connectivity index (χ4n) is 2.15. The fraction of sp³-hybridized carbons (Fsp3) is 0.0714. The summed E-state index contributed by atoms with van der Waals surface area (Å²) < 4.78 is 1.80. The standard InChI is InChI=1S/C14H11N7/c1-2-12(20-14-11(1)15-7-8-17-14)18-9-10-3-5-16-13-4-6-19-21(10)13/h1-8H,9H2,(H,17,18,20). The Bertz CT molecular complexity index is 915. The number of hydrogen-bond acceptors (Lipinski definition) is 6. The third-order valence-electron chi connectivity index (χ3n) is 3.15. The number of nitrogens with one attached hydrogen (secondary N) is 1. The Balaban J connectivity index is 1.61. The Labute approximate surface area is 119 Å². The quantitative estimate of drug-likeness (QED) is 0.613. The number of rotatable bonds is 3. The molecule has 0 atom stereocenters. The van der Waals surface area contributed by atoms with Crippen molar-refractivity contribution in [1.29, 1.82) is 0 Å². The molecule has 0 aliphatic carbocycles. The van der Waals surface area contributed by atoms with E-state index >= 15 is 0 Å². The van der Waals surface area contributed by atoms with Crippen LogP contribution in [0.1, 0.15) is 5.69 Å². The highest BCUT2D eigenvalue weighted by atomic mass is 15.3. The van der Waals surface area contributed by atoms with Crippen molar-refractivity contribution in [3.8, 4) is 0 Å². The summed E-state index contributed by atoms with van der Waals surface area (Å²) in [6.45, 7) is 0.597. The van der Waals surface area contributed by atoms with E-state index in [9.17, 15) is 0 Å². The lowest BCUT2D eigenvalue weighted by Gasteiger charge is -2.07. The van der Waals surface area contributed by atoms with E-state index in [4.69, 9.17) is 0 Å². The molecule has 21 heavy (non-hydrogen) atoms. The highest BCUT2D eigenvalue weighted by Gasteiger charge is 2.03. The zero-order valence-electron chi connectivity index (χ0n) is 11.0. The van der Waals surface area contributed by atoms with E-state index in [-0.39, 0.29) is 0 Å². The Morgan fingerprint density at radius 3 is 2.86 bits per heavy atom. The molecule has 0 aliphatic rings. The van der Waals surface area contributed by atoms with Crippen LogP contribution in [0.15, 0.2) is 49.1 Å². The molecule has 4 heterocycles. The second kappa shape index (κ2) is 4.78. The average molecular weight is 277 g/mol. The summed E-state index contributed by atoms with van der Waals surface area (Å²) >= 11 is 0. The van der Waals surface area contributed by atoms with Crippen LogP contribution in [0.3, 0.4) is 0 Å². The molecule has 7 heteroatoms. The Morgan fingerprint density at radius 1 is 0.905 bits per heavy atom. The van der Waals surface area contributed by atoms with E-state index < -0.39 is 0 Å². The minimum atomic E-state index is 0.597. The summed E-state index contributed by atoms with van der Waals surface area (Å²) in [5.41, 5.74) is 3.24. The molecule has 102 valence electrons. The van der Waals surface area contributed by atoms with Gasteiger partial charge >= 0.3 is 0 Å². The molecule has 0 radical (unpaired) electrons. The van der Waals surface area contributed by atoms with Gasteiger partial charge in [0.2, 0.25) is 0 Å². The maximum Gasteiger partial charge on any atom is 0.180 e. The van der Waals surface area contributed by atoms with Gasteiger partial charge in [-0.25, -0.2) is 19.5 Å². The first-order valence-electron chi connectivity index (χ1n) is 6.49. The normalized spacial score (nSPS) is 11.0. The van der Waals surface area contributed by atoms with Crippen LogP contribution in [-0.2, 0) is 6.54 Å². The summed E-state index contributed by atoms with van der Waals surface area (Å²) in [6, 6.07) is 7.58. The Morgan fingerprint density at radius 2 is 1.86 bits per heavy atom. The molecule has 0 bridgehead atoms. The molecule has 4 rings (SSSR count). The van der Waals surface area contributed by atoms with Gasteiger partial charge in [0.15, 0.2) is 11.3 Å². The minimum Gasteiger partial charge on any atom is -0.364 e. The van der Waals surface area contributed by atoms with Crippen LogP contribution in [0.5, 0.6) is 0 Å². The van der Waals surface area contributed by atoms with Gasteiger partial charge in [-0.05, 0) is 18.2 Å². The lowest BCUT2D eigenvalue weighted by molar-refractivity contribution is 0.852. The molecule has 4 aromatic heterocycles. The summed E-state index contributed by atoms with van der Waals surface area (Å²) in [4.78, 5) is 17.1. The van der Waals surface area contributed by atoms with E-state index in [0.29, 0.717) is 12.2 Å². The highest BCUT2D eigenvalue weighted by molar-refractivity contribution is 5.71. The molecular formula is C14H11N7. The smallest absolute Gasteiger partial charge is 0.180 e. The van der Waals surface area contributed by atoms with Crippen molar-refractivity contribution in [2.45, 2.75) is 6.54 Å². The topological polar surface area (TPSA) is 80.9 Å². The number of hydrogen-bond donors (Lipinski definition) is 1. The summed E-state index contributed by atoms with van der Waals surface area (Å²) in [5, 5.41) is 7.52. The van der Waals surface area contributed by atoms with Gasteiger partial charge in [0.1, 0.15) is 11.3 Å². The molecule has 4 aromatic rings. The fourth-order valence-corrected chi connectivity index (χ4v) is 2.15. The summed E-state index contributed by atoms with van der Waals surface area (Å²) in [7, 11) is 0. The molecule has 1 N–H and O–H groups in total. The van der Waals surface area contributed by atoms with Crippen molar-refractivity contribution in [3.05, 3.63) is 54.7 Å². The van der Waals surface area contributed by atoms with E-state index in [0.717, 1.165) is 22.7 Å². The van der Waals surface area contributed by atoms with Crippen LogP contribution in [0.2, 0.25) is 0 Å². The molecular weight excluding hydrogens is 266 g/mol. The lowest BCUT2D eigenvalue weighted by atomic mass is 10.3. The van der Waals surface area contributed by atoms with E-state index in [1.54, 1.807) is 29.3 Å². The van der Waals surface area contributed by atoms with Crippen molar-refractivity contribution < 1.29 is 0 Å². The van der Waals surface area contributed by atoms with Gasteiger partial charge in [-0.1, -0.05) is 0 Å². The second-order valence-corrected chi connectivity index (χ2v) is 4.49. The average Bonchev–Trinajstić information content (AvgIpc) is 3.02. The van der Waals surface area contributed by atoms with Crippen molar-refractivity contribution in [3.63, 3.8) is 0 Å². The van der Waals surface area contributed by atoms with Crippen molar-refractivity contribution in [2.24, 2.45) is 0 Å². The van der Waals surface area contributed by atoms with Gasteiger partial charge in [-0.15, -0.1) is 0 Å². The van der Waals surface area contributed by atoms with E-state index in [2.05, 4.69) is 30.4 Å². The predicted octanol–water partition coefficient (Wildman–Crippen LogP) is 1.68. The van der Waals surface area contributed by atoms with Crippen LogP contribution in [-0.4, -0.2) is 29.5 Å². The maximum atomic E-state index is 4.43. The number of pyridine rings is 1. The van der Waals surface area contributed by atoms with Gasteiger partial charge in [0, 0.05) is 24.7 Å². The van der Waals surface area contributed by atoms with Crippen molar-refractivity contribution in [1.82, 2.24) is 29.5 Å². The molecule has 0 unspecified atom stereocenters. The van der Waals surface area contributed by atoms with Crippen molar-refractivity contribution >= 4 is 22.6 Å². The third kappa shape index (κ3) is 2.14. The first-order valence-corrected chi connectivity index (χ1v) is 6.49. The number of aromatic nitrogens is 6. The second-order valence-electron chi connectivity index (χ2n) is 4.49. The van der Waals surface area contributed by atoms with Crippen LogP contribution < -0.4 is 5.32 Å². The van der Waals surface area contributed by atoms with Crippen LogP contribution >= 0.6 is 0 Å². The third-order valence-corrected chi connectivity index (χ3v) is 3.15. The number of fused-ring (bicyclic) bond motifs is 2.